The standard InChI is InChI=1S/C15H16O3/c16-14(7-6-12-4-2-9-17-12)13-5-1-3-11-8-10-18-15(11)13/h1-5,9,14,16H,6-8,10H2. The van der Waals surface area contributed by atoms with Gasteiger partial charge in [0.05, 0.1) is 19.0 Å². The molecule has 0 saturated carbocycles. The lowest BCUT2D eigenvalue weighted by Gasteiger charge is -2.13. The summed E-state index contributed by atoms with van der Waals surface area (Å²) in [5.41, 5.74) is 2.10. The number of aliphatic hydroxyl groups excluding tert-OH is 1. The Labute approximate surface area is 106 Å². The van der Waals surface area contributed by atoms with Crippen LogP contribution in [0, 0.1) is 0 Å². The topological polar surface area (TPSA) is 42.6 Å². The Balaban J connectivity index is 1.72. The molecule has 3 nitrogen and oxygen atoms in total. The fourth-order valence-electron chi connectivity index (χ4n) is 2.39. The highest BCUT2D eigenvalue weighted by Gasteiger charge is 2.20. The van der Waals surface area contributed by atoms with Crippen LogP contribution in [0.25, 0.3) is 0 Å². The van der Waals surface area contributed by atoms with Crippen LogP contribution >= 0.6 is 0 Å². The van der Waals surface area contributed by atoms with Gasteiger partial charge in [-0.25, -0.2) is 0 Å². The zero-order chi connectivity index (χ0) is 12.4. The van der Waals surface area contributed by atoms with E-state index >= 15 is 0 Å². The summed E-state index contributed by atoms with van der Waals surface area (Å²) in [6, 6.07) is 9.78. The molecule has 0 spiro atoms. The van der Waals surface area contributed by atoms with Crippen molar-refractivity contribution in [3.05, 3.63) is 53.5 Å². The predicted molar refractivity (Wildman–Crippen MR) is 67.6 cm³/mol. The van der Waals surface area contributed by atoms with E-state index in [0.717, 1.165) is 36.5 Å². The van der Waals surface area contributed by atoms with Crippen molar-refractivity contribution in [2.75, 3.05) is 6.61 Å². The quantitative estimate of drug-likeness (QED) is 0.899. The Bertz CT molecular complexity index is 517. The molecule has 18 heavy (non-hydrogen) atoms. The minimum Gasteiger partial charge on any atom is -0.493 e. The van der Waals surface area contributed by atoms with Gasteiger partial charge in [0, 0.05) is 18.4 Å². The van der Waals surface area contributed by atoms with Crippen molar-refractivity contribution in [1.82, 2.24) is 0 Å². The molecule has 0 fully saturated rings. The van der Waals surface area contributed by atoms with Gasteiger partial charge in [0.15, 0.2) is 0 Å². The Morgan fingerprint density at radius 3 is 3.00 bits per heavy atom. The minimum atomic E-state index is -0.497. The van der Waals surface area contributed by atoms with E-state index in [1.54, 1.807) is 6.26 Å². The highest BCUT2D eigenvalue weighted by atomic mass is 16.5. The number of furan rings is 1. The zero-order valence-electron chi connectivity index (χ0n) is 10.1. The minimum absolute atomic E-state index is 0.497. The highest BCUT2D eigenvalue weighted by Crippen LogP contribution is 2.34. The van der Waals surface area contributed by atoms with E-state index in [-0.39, 0.29) is 0 Å². The molecule has 1 aromatic carbocycles. The Morgan fingerprint density at radius 2 is 2.17 bits per heavy atom. The van der Waals surface area contributed by atoms with Crippen LogP contribution < -0.4 is 4.74 Å². The SMILES string of the molecule is OC(CCc1ccco1)c1cccc2c1OCC2. The molecule has 0 amide bonds. The van der Waals surface area contributed by atoms with Crippen LogP contribution in [-0.4, -0.2) is 11.7 Å². The number of aryl methyl sites for hydroxylation is 1. The fraction of sp³-hybridized carbons (Fsp3) is 0.333. The maximum absolute atomic E-state index is 10.3. The van der Waals surface area contributed by atoms with E-state index in [2.05, 4.69) is 6.07 Å². The van der Waals surface area contributed by atoms with Crippen molar-refractivity contribution in [3.63, 3.8) is 0 Å². The first-order valence-electron chi connectivity index (χ1n) is 6.29. The number of ether oxygens (including phenoxy) is 1. The van der Waals surface area contributed by atoms with Crippen molar-refractivity contribution >= 4 is 0 Å². The van der Waals surface area contributed by atoms with Gasteiger partial charge < -0.3 is 14.3 Å². The molecule has 3 rings (SSSR count). The van der Waals surface area contributed by atoms with E-state index in [0.29, 0.717) is 6.42 Å². The lowest BCUT2D eigenvalue weighted by molar-refractivity contribution is 0.161. The van der Waals surface area contributed by atoms with Gasteiger partial charge in [-0.2, -0.15) is 0 Å². The van der Waals surface area contributed by atoms with E-state index in [4.69, 9.17) is 9.15 Å². The first-order valence-corrected chi connectivity index (χ1v) is 6.29. The van der Waals surface area contributed by atoms with Gasteiger partial charge in [-0.1, -0.05) is 18.2 Å². The average Bonchev–Trinajstić information content (AvgIpc) is 3.05. The second-order valence-corrected chi connectivity index (χ2v) is 4.57. The second kappa shape index (κ2) is 4.86. The number of hydrogen-bond acceptors (Lipinski definition) is 3. The number of hydrogen-bond donors (Lipinski definition) is 1. The largest absolute Gasteiger partial charge is 0.493 e. The van der Waals surface area contributed by atoms with Crippen molar-refractivity contribution in [1.29, 1.82) is 0 Å². The van der Waals surface area contributed by atoms with Crippen LogP contribution in [0.5, 0.6) is 5.75 Å². The molecule has 0 bridgehead atoms. The van der Waals surface area contributed by atoms with Gasteiger partial charge >= 0.3 is 0 Å². The van der Waals surface area contributed by atoms with Crippen LogP contribution in [0.15, 0.2) is 41.0 Å². The summed E-state index contributed by atoms with van der Waals surface area (Å²) < 4.78 is 10.9. The summed E-state index contributed by atoms with van der Waals surface area (Å²) in [4.78, 5) is 0. The first-order chi connectivity index (χ1) is 8.84. The van der Waals surface area contributed by atoms with Crippen molar-refractivity contribution in [2.24, 2.45) is 0 Å². The molecule has 2 aromatic rings. The molecule has 0 aliphatic carbocycles. The molecule has 1 aliphatic heterocycles. The fourth-order valence-corrected chi connectivity index (χ4v) is 2.39. The molecule has 1 aromatic heterocycles. The molecule has 0 saturated heterocycles. The summed E-state index contributed by atoms with van der Waals surface area (Å²) in [6.45, 7) is 0.719. The van der Waals surface area contributed by atoms with Crippen LogP contribution in [0.1, 0.15) is 29.4 Å². The number of fused-ring (bicyclic) bond motifs is 1. The summed E-state index contributed by atoms with van der Waals surface area (Å²) in [7, 11) is 0. The van der Waals surface area contributed by atoms with Gasteiger partial charge in [0.25, 0.3) is 0 Å². The Morgan fingerprint density at radius 1 is 1.22 bits per heavy atom. The van der Waals surface area contributed by atoms with Gasteiger partial charge in [-0.15, -0.1) is 0 Å². The molecule has 1 aliphatic rings. The van der Waals surface area contributed by atoms with Crippen LogP contribution in [0.2, 0.25) is 0 Å². The predicted octanol–water partition coefficient (Wildman–Crippen LogP) is 2.88. The monoisotopic (exact) mass is 244 g/mol. The molecule has 2 heterocycles. The maximum atomic E-state index is 10.3. The zero-order valence-corrected chi connectivity index (χ0v) is 10.1. The van der Waals surface area contributed by atoms with Crippen molar-refractivity contribution < 1.29 is 14.3 Å². The molecular weight excluding hydrogens is 228 g/mol. The molecular formula is C15H16O3. The van der Waals surface area contributed by atoms with E-state index in [9.17, 15) is 5.11 Å². The van der Waals surface area contributed by atoms with Crippen LogP contribution in [-0.2, 0) is 12.8 Å². The van der Waals surface area contributed by atoms with Gasteiger partial charge in [-0.3, -0.25) is 0 Å². The third kappa shape index (κ3) is 2.14. The Hall–Kier alpha value is -1.74. The molecule has 1 N–H and O–H groups in total. The van der Waals surface area contributed by atoms with Crippen molar-refractivity contribution in [3.8, 4) is 5.75 Å². The van der Waals surface area contributed by atoms with E-state index < -0.39 is 6.10 Å². The van der Waals surface area contributed by atoms with E-state index in [1.165, 1.54) is 5.56 Å². The van der Waals surface area contributed by atoms with Gasteiger partial charge in [0.1, 0.15) is 11.5 Å². The third-order valence-corrected chi connectivity index (χ3v) is 3.35. The summed E-state index contributed by atoms with van der Waals surface area (Å²) in [6.07, 6.45) is 3.48. The van der Waals surface area contributed by atoms with Gasteiger partial charge in [-0.05, 0) is 24.1 Å². The summed E-state index contributed by atoms with van der Waals surface area (Å²) in [5.74, 6) is 1.78. The number of aliphatic hydroxyl groups is 1. The molecule has 3 heteroatoms. The van der Waals surface area contributed by atoms with Crippen molar-refractivity contribution in [2.45, 2.75) is 25.4 Å². The van der Waals surface area contributed by atoms with Crippen LogP contribution in [0.3, 0.4) is 0 Å². The number of para-hydroxylation sites is 1. The number of rotatable bonds is 4. The second-order valence-electron chi connectivity index (χ2n) is 4.57. The highest BCUT2D eigenvalue weighted by molar-refractivity contribution is 5.45. The van der Waals surface area contributed by atoms with E-state index in [1.807, 2.05) is 24.3 Å². The molecule has 1 unspecified atom stereocenters. The average molecular weight is 244 g/mol. The lowest BCUT2D eigenvalue weighted by atomic mass is 10.00. The van der Waals surface area contributed by atoms with Crippen LogP contribution in [0.4, 0.5) is 0 Å². The van der Waals surface area contributed by atoms with Gasteiger partial charge in [0.2, 0.25) is 0 Å². The first kappa shape index (κ1) is 11.4. The summed E-state index contributed by atoms with van der Waals surface area (Å²) >= 11 is 0. The molecule has 1 atom stereocenters. The third-order valence-electron chi connectivity index (χ3n) is 3.35. The smallest absolute Gasteiger partial charge is 0.128 e. The molecule has 0 radical (unpaired) electrons. The summed E-state index contributed by atoms with van der Waals surface area (Å²) in [5, 5.41) is 10.3. The molecule has 94 valence electrons. The Kier molecular flexibility index (Phi) is 3.07. The lowest BCUT2D eigenvalue weighted by Crippen LogP contribution is -2.01. The number of benzene rings is 1. The maximum Gasteiger partial charge on any atom is 0.128 e. The normalized spacial score (nSPS) is 15.2.